The van der Waals surface area contributed by atoms with E-state index in [1.54, 1.807) is 11.8 Å². The number of rotatable bonds is 2. The molecule has 1 N–H and O–H groups in total. The van der Waals surface area contributed by atoms with Crippen LogP contribution in [0.5, 0.6) is 0 Å². The van der Waals surface area contributed by atoms with Crippen LogP contribution in [0.4, 0.5) is 5.69 Å². The van der Waals surface area contributed by atoms with Gasteiger partial charge in [0.25, 0.3) is 0 Å². The smallest absolute Gasteiger partial charge is 0.161 e. The maximum Gasteiger partial charge on any atom is 0.161 e. The molecule has 0 saturated carbocycles. The van der Waals surface area contributed by atoms with Crippen molar-refractivity contribution in [3.63, 3.8) is 0 Å². The zero-order valence-electron chi connectivity index (χ0n) is 11.5. The van der Waals surface area contributed by atoms with Crippen molar-refractivity contribution in [1.82, 2.24) is 0 Å². The molecule has 2 aromatic rings. The predicted octanol–water partition coefficient (Wildman–Crippen LogP) is 4.65. The molecule has 0 saturated heterocycles. The fourth-order valence-corrected chi connectivity index (χ4v) is 3.29. The average Bonchev–Trinajstić information content (AvgIpc) is 2.49. The SMILES string of the molecule is CC1CCSC(Nc2ccc(-c3ccccc3)cc2)=N1. The van der Waals surface area contributed by atoms with Crippen LogP contribution in [0.15, 0.2) is 59.6 Å². The molecular weight excluding hydrogens is 264 g/mol. The van der Waals surface area contributed by atoms with Crippen molar-refractivity contribution in [3.05, 3.63) is 54.6 Å². The Morgan fingerprint density at radius 1 is 1.00 bits per heavy atom. The van der Waals surface area contributed by atoms with E-state index in [1.807, 2.05) is 6.07 Å². The lowest BCUT2D eigenvalue weighted by atomic mass is 10.1. The van der Waals surface area contributed by atoms with E-state index in [4.69, 9.17) is 0 Å². The van der Waals surface area contributed by atoms with E-state index in [-0.39, 0.29) is 0 Å². The minimum Gasteiger partial charge on any atom is -0.335 e. The van der Waals surface area contributed by atoms with Gasteiger partial charge in [-0.05, 0) is 36.6 Å². The summed E-state index contributed by atoms with van der Waals surface area (Å²) in [6.45, 7) is 2.17. The summed E-state index contributed by atoms with van der Waals surface area (Å²) < 4.78 is 0. The molecule has 1 aliphatic heterocycles. The highest BCUT2D eigenvalue weighted by molar-refractivity contribution is 8.14. The minimum absolute atomic E-state index is 0.433. The van der Waals surface area contributed by atoms with Crippen LogP contribution in [0.2, 0.25) is 0 Å². The molecule has 1 unspecified atom stereocenters. The molecule has 0 aromatic heterocycles. The van der Waals surface area contributed by atoms with Gasteiger partial charge in [0.05, 0.1) is 6.04 Å². The second-order valence-corrected chi connectivity index (χ2v) is 6.07. The first-order valence-electron chi connectivity index (χ1n) is 6.94. The Morgan fingerprint density at radius 3 is 2.40 bits per heavy atom. The molecule has 0 radical (unpaired) electrons. The van der Waals surface area contributed by atoms with Gasteiger partial charge in [0.1, 0.15) is 0 Å². The maximum absolute atomic E-state index is 4.63. The van der Waals surface area contributed by atoms with Crippen LogP contribution in [0, 0.1) is 0 Å². The predicted molar refractivity (Wildman–Crippen MR) is 89.5 cm³/mol. The van der Waals surface area contributed by atoms with Gasteiger partial charge in [-0.15, -0.1) is 0 Å². The van der Waals surface area contributed by atoms with E-state index in [1.165, 1.54) is 17.5 Å². The fraction of sp³-hybridized carbons (Fsp3) is 0.235. The Hall–Kier alpha value is -1.74. The third kappa shape index (κ3) is 3.23. The standard InChI is InChI=1S/C17H18N2S/c1-13-11-12-20-17(18-13)19-16-9-7-15(8-10-16)14-5-3-2-4-6-14/h2-10,13H,11-12H2,1H3,(H,18,19). The number of aliphatic imine (C=N–C) groups is 1. The van der Waals surface area contributed by atoms with Gasteiger partial charge < -0.3 is 5.32 Å². The third-order valence-corrected chi connectivity index (χ3v) is 4.28. The summed E-state index contributed by atoms with van der Waals surface area (Å²) in [6, 6.07) is 19.4. The number of hydrogen-bond donors (Lipinski definition) is 1. The van der Waals surface area contributed by atoms with Crippen molar-refractivity contribution in [2.75, 3.05) is 11.1 Å². The Bertz CT molecular complexity index is 590. The van der Waals surface area contributed by atoms with Gasteiger partial charge in [0.2, 0.25) is 0 Å². The van der Waals surface area contributed by atoms with Gasteiger partial charge in [-0.25, -0.2) is 0 Å². The molecule has 3 rings (SSSR count). The molecule has 0 amide bonds. The largest absolute Gasteiger partial charge is 0.335 e. The number of anilines is 1. The third-order valence-electron chi connectivity index (χ3n) is 3.36. The van der Waals surface area contributed by atoms with Crippen molar-refractivity contribution in [2.24, 2.45) is 4.99 Å². The van der Waals surface area contributed by atoms with Crippen LogP contribution in [-0.2, 0) is 0 Å². The van der Waals surface area contributed by atoms with Gasteiger partial charge in [-0.2, -0.15) is 0 Å². The Labute approximate surface area is 124 Å². The number of benzene rings is 2. The summed E-state index contributed by atoms with van der Waals surface area (Å²) in [6.07, 6.45) is 1.17. The first-order chi connectivity index (χ1) is 9.81. The molecule has 0 bridgehead atoms. The second kappa shape index (κ2) is 6.14. The number of thioether (sulfide) groups is 1. The number of nitrogens with zero attached hydrogens (tertiary/aromatic N) is 1. The quantitative estimate of drug-likeness (QED) is 0.867. The lowest BCUT2D eigenvalue weighted by molar-refractivity contribution is 0.720. The van der Waals surface area contributed by atoms with Gasteiger partial charge in [-0.3, -0.25) is 4.99 Å². The molecule has 0 fully saturated rings. The minimum atomic E-state index is 0.433. The lowest BCUT2D eigenvalue weighted by Crippen LogP contribution is -2.17. The molecule has 3 heteroatoms. The highest BCUT2D eigenvalue weighted by Crippen LogP contribution is 2.23. The molecule has 20 heavy (non-hydrogen) atoms. The summed E-state index contributed by atoms with van der Waals surface area (Å²) in [5.41, 5.74) is 3.59. The van der Waals surface area contributed by atoms with E-state index < -0.39 is 0 Å². The number of amidine groups is 1. The molecular formula is C17H18N2S. The van der Waals surface area contributed by atoms with Crippen LogP contribution in [0.25, 0.3) is 11.1 Å². The average molecular weight is 282 g/mol. The Balaban J connectivity index is 1.74. The molecule has 102 valence electrons. The van der Waals surface area contributed by atoms with Crippen molar-refractivity contribution in [2.45, 2.75) is 19.4 Å². The molecule has 1 aliphatic rings. The molecule has 0 aliphatic carbocycles. The van der Waals surface area contributed by atoms with Gasteiger partial charge in [-0.1, -0.05) is 54.2 Å². The first kappa shape index (κ1) is 13.3. The summed E-state index contributed by atoms with van der Waals surface area (Å²) in [4.78, 5) is 4.63. The molecule has 0 spiro atoms. The Morgan fingerprint density at radius 2 is 1.70 bits per heavy atom. The number of nitrogens with one attached hydrogen (secondary N) is 1. The van der Waals surface area contributed by atoms with E-state index >= 15 is 0 Å². The highest BCUT2D eigenvalue weighted by atomic mass is 32.2. The molecule has 1 atom stereocenters. The summed E-state index contributed by atoms with van der Waals surface area (Å²) in [5, 5.41) is 4.44. The topological polar surface area (TPSA) is 24.4 Å². The molecule has 1 heterocycles. The second-order valence-electron chi connectivity index (χ2n) is 4.99. The molecule has 2 aromatic carbocycles. The van der Waals surface area contributed by atoms with E-state index in [9.17, 15) is 0 Å². The Kier molecular flexibility index (Phi) is 4.07. The first-order valence-corrected chi connectivity index (χ1v) is 7.93. The highest BCUT2D eigenvalue weighted by Gasteiger charge is 2.11. The van der Waals surface area contributed by atoms with E-state index in [0.717, 1.165) is 16.6 Å². The van der Waals surface area contributed by atoms with Crippen molar-refractivity contribution < 1.29 is 0 Å². The summed E-state index contributed by atoms with van der Waals surface area (Å²) in [7, 11) is 0. The molecule has 2 nitrogen and oxygen atoms in total. The lowest BCUT2D eigenvalue weighted by Gasteiger charge is -2.17. The van der Waals surface area contributed by atoms with E-state index in [2.05, 4.69) is 65.8 Å². The monoisotopic (exact) mass is 282 g/mol. The van der Waals surface area contributed by atoms with Crippen molar-refractivity contribution >= 4 is 22.6 Å². The van der Waals surface area contributed by atoms with Crippen LogP contribution in [0.1, 0.15) is 13.3 Å². The normalized spacial score (nSPS) is 18.4. The zero-order valence-corrected chi connectivity index (χ0v) is 12.4. The van der Waals surface area contributed by atoms with Gasteiger partial charge in [0.15, 0.2) is 5.17 Å². The van der Waals surface area contributed by atoms with Gasteiger partial charge >= 0.3 is 0 Å². The fourth-order valence-electron chi connectivity index (χ4n) is 2.20. The van der Waals surface area contributed by atoms with E-state index in [0.29, 0.717) is 6.04 Å². The van der Waals surface area contributed by atoms with Crippen LogP contribution in [0.3, 0.4) is 0 Å². The van der Waals surface area contributed by atoms with Crippen molar-refractivity contribution in [1.29, 1.82) is 0 Å². The van der Waals surface area contributed by atoms with Gasteiger partial charge in [0, 0.05) is 11.4 Å². The maximum atomic E-state index is 4.63. The number of hydrogen-bond acceptors (Lipinski definition) is 3. The van der Waals surface area contributed by atoms with Crippen LogP contribution in [-0.4, -0.2) is 17.0 Å². The summed E-state index contributed by atoms with van der Waals surface area (Å²) >= 11 is 1.80. The van der Waals surface area contributed by atoms with Crippen molar-refractivity contribution in [3.8, 4) is 11.1 Å². The van der Waals surface area contributed by atoms with Crippen LogP contribution < -0.4 is 5.32 Å². The van der Waals surface area contributed by atoms with Crippen LogP contribution >= 0.6 is 11.8 Å². The summed E-state index contributed by atoms with van der Waals surface area (Å²) in [5.74, 6) is 1.15. The zero-order chi connectivity index (χ0) is 13.8.